The van der Waals surface area contributed by atoms with Crippen LogP contribution in [0.2, 0.25) is 10.0 Å². The van der Waals surface area contributed by atoms with Gasteiger partial charge in [0.05, 0.1) is 32.2 Å². The molecule has 0 unspecified atom stereocenters. The summed E-state index contributed by atoms with van der Waals surface area (Å²) < 4.78 is 1.81. The Hall–Kier alpha value is -2.54. The van der Waals surface area contributed by atoms with Crippen molar-refractivity contribution in [3.63, 3.8) is 0 Å². The van der Waals surface area contributed by atoms with Gasteiger partial charge in [-0.2, -0.15) is 0 Å². The van der Waals surface area contributed by atoms with Gasteiger partial charge in [0.2, 0.25) is 5.95 Å². The summed E-state index contributed by atoms with van der Waals surface area (Å²) in [6, 6.07) is 8.99. The summed E-state index contributed by atoms with van der Waals surface area (Å²) >= 11 is 12.5. The van der Waals surface area contributed by atoms with Crippen molar-refractivity contribution >= 4 is 56.6 Å². The van der Waals surface area contributed by atoms with Gasteiger partial charge < -0.3 is 20.0 Å². The number of hydrogen-bond donors (Lipinski definition) is 3. The van der Waals surface area contributed by atoms with Crippen molar-refractivity contribution in [3.8, 4) is 0 Å². The lowest BCUT2D eigenvalue weighted by atomic mass is 10.0. The molecule has 0 amide bonds. The van der Waals surface area contributed by atoms with Crippen LogP contribution in [0.1, 0.15) is 11.3 Å². The molecule has 0 spiro atoms. The molecule has 4 aromatic rings. The first kappa shape index (κ1) is 18.8. The fourth-order valence-electron chi connectivity index (χ4n) is 3.57. The highest BCUT2D eigenvalue weighted by molar-refractivity contribution is 6.39. The molecule has 144 valence electrons. The minimum absolute atomic E-state index is 0.00319. The third-order valence-electron chi connectivity index (χ3n) is 4.90. The summed E-state index contributed by atoms with van der Waals surface area (Å²) in [5.41, 5.74) is 3.41. The molecule has 6 nitrogen and oxygen atoms in total. The number of aromatic amines is 1. The molecule has 8 heteroatoms. The fourth-order valence-corrected chi connectivity index (χ4v) is 4.06. The van der Waals surface area contributed by atoms with Crippen LogP contribution in [-0.2, 0) is 13.5 Å². The number of aliphatic hydroxyl groups excluding tert-OH is 1. The molecule has 0 atom stereocenters. The first-order valence-corrected chi connectivity index (χ1v) is 9.50. The van der Waals surface area contributed by atoms with Gasteiger partial charge in [0.15, 0.2) is 0 Å². The highest BCUT2D eigenvalue weighted by Gasteiger charge is 2.18. The number of nitrogens with zero attached hydrogens (tertiary/aromatic N) is 2. The maximum Gasteiger partial charge on any atom is 0.258 e. The number of pyridine rings is 1. The van der Waals surface area contributed by atoms with Crippen LogP contribution in [0, 0.1) is 6.92 Å². The second-order valence-corrected chi connectivity index (χ2v) is 7.42. The van der Waals surface area contributed by atoms with Crippen molar-refractivity contribution in [1.29, 1.82) is 0 Å². The number of H-pyrrole nitrogens is 1. The third-order valence-corrected chi connectivity index (χ3v) is 5.53. The number of anilines is 2. The Morgan fingerprint density at radius 2 is 1.93 bits per heavy atom. The number of rotatable bonds is 4. The molecule has 0 saturated carbocycles. The smallest absolute Gasteiger partial charge is 0.258 e. The van der Waals surface area contributed by atoms with Gasteiger partial charge in [-0.05, 0) is 42.5 Å². The Morgan fingerprint density at radius 3 is 2.61 bits per heavy atom. The van der Waals surface area contributed by atoms with E-state index in [-0.39, 0.29) is 12.2 Å². The second-order valence-electron chi connectivity index (χ2n) is 6.60. The first-order chi connectivity index (χ1) is 13.4. The van der Waals surface area contributed by atoms with E-state index in [0.29, 0.717) is 44.5 Å². The molecule has 0 saturated heterocycles. The van der Waals surface area contributed by atoms with Gasteiger partial charge in [-0.3, -0.25) is 4.79 Å². The number of benzene rings is 2. The van der Waals surface area contributed by atoms with Crippen LogP contribution in [0.5, 0.6) is 0 Å². The lowest BCUT2D eigenvalue weighted by Gasteiger charge is -2.11. The summed E-state index contributed by atoms with van der Waals surface area (Å²) in [6.45, 7) is 1.84. The Bertz CT molecular complexity index is 1260. The van der Waals surface area contributed by atoms with Crippen LogP contribution in [-0.4, -0.2) is 26.2 Å². The maximum atomic E-state index is 12.8. The zero-order valence-electron chi connectivity index (χ0n) is 15.3. The number of halogens is 2. The Morgan fingerprint density at radius 1 is 1.21 bits per heavy atom. The van der Waals surface area contributed by atoms with Crippen LogP contribution in [0.25, 0.3) is 21.8 Å². The fraction of sp³-hybridized carbons (Fsp3) is 0.200. The average Bonchev–Trinajstić information content (AvgIpc) is 2.97. The SMILES string of the molecule is Cc1[nH]c(=O)c2c(ccc3nc(Nc4c(Cl)cccc4Cl)n(C)c32)c1CCO. The van der Waals surface area contributed by atoms with Gasteiger partial charge in [0.25, 0.3) is 5.56 Å². The number of para-hydroxylation sites is 1. The molecule has 3 N–H and O–H groups in total. The lowest BCUT2D eigenvalue weighted by molar-refractivity contribution is 0.299. The standard InChI is InChI=1S/C20H18Cl2N4O2/c1-10-11(8-9-27)12-6-7-15-18(16(12)19(28)23-10)26(2)20(24-15)25-17-13(21)4-3-5-14(17)22/h3-7,27H,8-9H2,1-2H3,(H,23,28)(H,24,25). The lowest BCUT2D eigenvalue weighted by Crippen LogP contribution is -2.13. The molecule has 2 aromatic heterocycles. The number of aliphatic hydroxyl groups is 1. The van der Waals surface area contributed by atoms with E-state index < -0.39 is 0 Å². The normalized spacial score (nSPS) is 11.5. The Balaban J connectivity index is 1.98. The van der Waals surface area contributed by atoms with Gasteiger partial charge in [-0.15, -0.1) is 0 Å². The van der Waals surface area contributed by atoms with E-state index in [2.05, 4.69) is 15.3 Å². The molecular formula is C20H18Cl2N4O2. The number of nitrogens with one attached hydrogen (secondary N) is 2. The van der Waals surface area contributed by atoms with E-state index in [1.54, 1.807) is 18.2 Å². The highest BCUT2D eigenvalue weighted by atomic mass is 35.5. The minimum Gasteiger partial charge on any atom is -0.396 e. The molecule has 0 radical (unpaired) electrons. The van der Waals surface area contributed by atoms with Crippen LogP contribution < -0.4 is 10.9 Å². The van der Waals surface area contributed by atoms with E-state index in [0.717, 1.165) is 16.6 Å². The topological polar surface area (TPSA) is 82.9 Å². The van der Waals surface area contributed by atoms with E-state index in [1.165, 1.54) is 0 Å². The van der Waals surface area contributed by atoms with Crippen molar-refractivity contribution in [3.05, 3.63) is 62.0 Å². The second kappa shape index (κ2) is 7.13. The number of aromatic nitrogens is 3. The zero-order chi connectivity index (χ0) is 20.0. The molecule has 2 aromatic carbocycles. The van der Waals surface area contributed by atoms with Crippen molar-refractivity contribution in [1.82, 2.24) is 14.5 Å². The molecule has 0 aliphatic heterocycles. The van der Waals surface area contributed by atoms with Crippen LogP contribution in [0.3, 0.4) is 0 Å². The molecule has 0 aliphatic rings. The van der Waals surface area contributed by atoms with Crippen LogP contribution in [0.4, 0.5) is 11.6 Å². The van der Waals surface area contributed by atoms with Crippen molar-refractivity contribution < 1.29 is 5.11 Å². The number of fused-ring (bicyclic) bond motifs is 3. The van der Waals surface area contributed by atoms with Crippen molar-refractivity contribution in [2.45, 2.75) is 13.3 Å². The van der Waals surface area contributed by atoms with Gasteiger partial charge in [0, 0.05) is 19.3 Å². The molecule has 0 fully saturated rings. The highest BCUT2D eigenvalue weighted by Crippen LogP contribution is 2.34. The Labute approximate surface area is 170 Å². The summed E-state index contributed by atoms with van der Waals surface area (Å²) in [7, 11) is 1.83. The summed E-state index contributed by atoms with van der Waals surface area (Å²) in [5.74, 6) is 0.515. The van der Waals surface area contributed by atoms with E-state index in [4.69, 9.17) is 23.2 Å². The zero-order valence-corrected chi connectivity index (χ0v) is 16.8. The Kier molecular flexibility index (Phi) is 4.79. The van der Waals surface area contributed by atoms with E-state index >= 15 is 0 Å². The average molecular weight is 417 g/mol. The predicted molar refractivity (Wildman–Crippen MR) is 114 cm³/mol. The number of aryl methyl sites for hydroxylation is 2. The molecular weight excluding hydrogens is 399 g/mol. The largest absolute Gasteiger partial charge is 0.396 e. The monoisotopic (exact) mass is 416 g/mol. The molecule has 0 aliphatic carbocycles. The van der Waals surface area contributed by atoms with Crippen molar-refractivity contribution in [2.24, 2.45) is 7.05 Å². The van der Waals surface area contributed by atoms with Gasteiger partial charge >= 0.3 is 0 Å². The van der Waals surface area contributed by atoms with Crippen LogP contribution in [0.15, 0.2) is 35.1 Å². The summed E-state index contributed by atoms with van der Waals surface area (Å²) in [5, 5.41) is 14.9. The molecule has 0 bridgehead atoms. The molecule has 2 heterocycles. The van der Waals surface area contributed by atoms with Gasteiger partial charge in [-0.1, -0.05) is 35.3 Å². The summed E-state index contributed by atoms with van der Waals surface area (Å²) in [6.07, 6.45) is 0.461. The van der Waals surface area contributed by atoms with E-state index in [1.807, 2.05) is 30.7 Å². The minimum atomic E-state index is -0.190. The van der Waals surface area contributed by atoms with Crippen molar-refractivity contribution in [2.75, 3.05) is 11.9 Å². The molecule has 28 heavy (non-hydrogen) atoms. The van der Waals surface area contributed by atoms with Gasteiger partial charge in [-0.25, -0.2) is 4.98 Å². The van der Waals surface area contributed by atoms with Gasteiger partial charge in [0.1, 0.15) is 0 Å². The van der Waals surface area contributed by atoms with E-state index in [9.17, 15) is 9.90 Å². The first-order valence-electron chi connectivity index (χ1n) is 8.75. The van der Waals surface area contributed by atoms with Crippen LogP contribution >= 0.6 is 23.2 Å². The predicted octanol–water partition coefficient (Wildman–Crippen LogP) is 4.31. The third kappa shape index (κ3) is 2.94. The maximum absolute atomic E-state index is 12.8. The summed E-state index contributed by atoms with van der Waals surface area (Å²) in [4.78, 5) is 20.3. The quantitative estimate of drug-likeness (QED) is 0.462. The number of imidazole rings is 1. The number of hydrogen-bond acceptors (Lipinski definition) is 4. The molecule has 4 rings (SSSR count).